The quantitative estimate of drug-likeness (QED) is 0.667. The van der Waals surface area contributed by atoms with E-state index in [0.717, 1.165) is 0 Å². The molecule has 0 aliphatic rings. The molecule has 0 aromatic heterocycles. The van der Waals surface area contributed by atoms with Crippen LogP contribution in [0.15, 0.2) is 24.3 Å². The zero-order valence-corrected chi connectivity index (χ0v) is 7.06. The Bertz CT molecular complexity index is 299. The van der Waals surface area contributed by atoms with Gasteiger partial charge in [-0.15, -0.1) is 0 Å². The van der Waals surface area contributed by atoms with Crippen LogP contribution in [0.5, 0.6) is 5.75 Å². The lowest BCUT2D eigenvalue weighted by Crippen LogP contribution is -2.10. The van der Waals surface area contributed by atoms with Gasteiger partial charge >= 0.3 is 5.97 Å². The molecule has 0 fully saturated rings. The van der Waals surface area contributed by atoms with Crippen molar-refractivity contribution in [2.24, 2.45) is 5.73 Å². The fourth-order valence-corrected chi connectivity index (χ4v) is 1.04. The third-order valence-electron chi connectivity index (χ3n) is 1.55. The van der Waals surface area contributed by atoms with E-state index in [2.05, 4.69) is 0 Å². The van der Waals surface area contributed by atoms with Crippen molar-refractivity contribution in [3.63, 3.8) is 0 Å². The number of carboxylic acids is 1. The average Bonchev–Trinajstić information content (AvgIpc) is 2.08. The van der Waals surface area contributed by atoms with Gasteiger partial charge in [-0.25, -0.2) is 0 Å². The van der Waals surface area contributed by atoms with Crippen LogP contribution in [-0.2, 0) is 11.2 Å². The molecule has 0 unspecified atom stereocenters. The van der Waals surface area contributed by atoms with Gasteiger partial charge in [-0.1, -0.05) is 18.2 Å². The van der Waals surface area contributed by atoms with E-state index in [-0.39, 0.29) is 13.2 Å². The predicted octanol–water partition coefficient (Wildman–Crippen LogP) is 0.609. The van der Waals surface area contributed by atoms with Crippen molar-refractivity contribution in [3.05, 3.63) is 29.8 Å². The van der Waals surface area contributed by atoms with Crippen LogP contribution in [-0.4, -0.2) is 17.8 Å². The molecule has 4 nitrogen and oxygen atoms in total. The molecule has 13 heavy (non-hydrogen) atoms. The lowest BCUT2D eigenvalue weighted by Gasteiger charge is -2.07. The second-order valence-electron chi connectivity index (χ2n) is 2.49. The van der Waals surface area contributed by atoms with Crippen LogP contribution in [0.3, 0.4) is 0 Å². The molecule has 0 atom stereocenters. The van der Waals surface area contributed by atoms with Crippen molar-refractivity contribution in [3.8, 4) is 5.75 Å². The standard InChI is InChI=1S/C9H11NO3/c10-6-13-8-4-2-1-3-7(8)5-9(11)12/h1-4H,5-6,10H2,(H,11,12). The number of aliphatic carboxylic acids is 1. The van der Waals surface area contributed by atoms with E-state index >= 15 is 0 Å². The summed E-state index contributed by atoms with van der Waals surface area (Å²) in [5.74, 6) is -0.347. The SMILES string of the molecule is NCOc1ccccc1CC(=O)O. The Hall–Kier alpha value is -1.55. The van der Waals surface area contributed by atoms with Crippen molar-refractivity contribution in [2.75, 3.05) is 6.73 Å². The number of carboxylic acid groups (broad SMARTS) is 1. The van der Waals surface area contributed by atoms with E-state index in [4.69, 9.17) is 15.6 Å². The van der Waals surface area contributed by atoms with Gasteiger partial charge in [0.2, 0.25) is 0 Å². The number of benzene rings is 1. The molecule has 1 aromatic carbocycles. The van der Waals surface area contributed by atoms with Gasteiger partial charge in [-0.2, -0.15) is 0 Å². The van der Waals surface area contributed by atoms with Crippen LogP contribution in [0.25, 0.3) is 0 Å². The normalized spacial score (nSPS) is 9.62. The molecule has 0 heterocycles. The first-order chi connectivity index (χ1) is 6.24. The highest BCUT2D eigenvalue weighted by atomic mass is 16.5. The summed E-state index contributed by atoms with van der Waals surface area (Å²) in [5.41, 5.74) is 5.83. The largest absolute Gasteiger partial charge is 0.481 e. The monoisotopic (exact) mass is 181 g/mol. The minimum Gasteiger partial charge on any atom is -0.481 e. The Morgan fingerprint density at radius 1 is 1.46 bits per heavy atom. The number of para-hydroxylation sites is 1. The van der Waals surface area contributed by atoms with Crippen LogP contribution >= 0.6 is 0 Å². The van der Waals surface area contributed by atoms with Gasteiger partial charge < -0.3 is 9.84 Å². The van der Waals surface area contributed by atoms with Crippen LogP contribution in [0.4, 0.5) is 0 Å². The number of ether oxygens (including phenoxy) is 1. The molecule has 0 saturated heterocycles. The van der Waals surface area contributed by atoms with Gasteiger partial charge in [0, 0.05) is 5.56 Å². The molecule has 1 aromatic rings. The topological polar surface area (TPSA) is 72.5 Å². The molecule has 0 spiro atoms. The van der Waals surface area contributed by atoms with E-state index in [0.29, 0.717) is 11.3 Å². The van der Waals surface area contributed by atoms with Crippen molar-refractivity contribution < 1.29 is 14.6 Å². The summed E-state index contributed by atoms with van der Waals surface area (Å²) in [6.07, 6.45) is -0.0455. The van der Waals surface area contributed by atoms with E-state index in [1.54, 1.807) is 24.3 Å². The van der Waals surface area contributed by atoms with Crippen LogP contribution < -0.4 is 10.5 Å². The Morgan fingerprint density at radius 3 is 2.77 bits per heavy atom. The summed E-state index contributed by atoms with van der Waals surface area (Å²) in [7, 11) is 0. The van der Waals surface area contributed by atoms with Gasteiger partial charge in [-0.05, 0) is 6.07 Å². The average molecular weight is 181 g/mol. The third kappa shape index (κ3) is 2.76. The minimum absolute atomic E-state index is 0.0455. The first-order valence-electron chi connectivity index (χ1n) is 3.86. The second-order valence-corrected chi connectivity index (χ2v) is 2.49. The summed E-state index contributed by atoms with van der Waals surface area (Å²) in [5, 5.41) is 8.57. The zero-order chi connectivity index (χ0) is 9.68. The van der Waals surface area contributed by atoms with Crippen molar-refractivity contribution in [1.29, 1.82) is 0 Å². The molecule has 0 radical (unpaired) electrons. The number of hydrogen-bond donors (Lipinski definition) is 2. The summed E-state index contributed by atoms with van der Waals surface area (Å²) in [6, 6.07) is 6.95. The Kier molecular flexibility index (Phi) is 3.28. The fraction of sp³-hybridized carbons (Fsp3) is 0.222. The molecule has 1 rings (SSSR count). The second kappa shape index (κ2) is 4.47. The van der Waals surface area contributed by atoms with Crippen molar-refractivity contribution in [1.82, 2.24) is 0 Å². The van der Waals surface area contributed by atoms with Gasteiger partial charge in [0.15, 0.2) is 0 Å². The maximum absolute atomic E-state index is 10.4. The summed E-state index contributed by atoms with van der Waals surface area (Å²) in [4.78, 5) is 10.4. The predicted molar refractivity (Wildman–Crippen MR) is 47.5 cm³/mol. The van der Waals surface area contributed by atoms with Crippen molar-refractivity contribution >= 4 is 5.97 Å². The summed E-state index contributed by atoms with van der Waals surface area (Å²) in [6.45, 7) is 0.0522. The van der Waals surface area contributed by atoms with E-state index in [1.807, 2.05) is 0 Å². The van der Waals surface area contributed by atoms with Gasteiger partial charge in [-0.3, -0.25) is 10.5 Å². The zero-order valence-electron chi connectivity index (χ0n) is 7.06. The van der Waals surface area contributed by atoms with Crippen LogP contribution in [0.1, 0.15) is 5.56 Å². The lowest BCUT2D eigenvalue weighted by molar-refractivity contribution is -0.136. The number of rotatable bonds is 4. The molecule has 0 bridgehead atoms. The fourth-order valence-electron chi connectivity index (χ4n) is 1.04. The van der Waals surface area contributed by atoms with Crippen LogP contribution in [0.2, 0.25) is 0 Å². The number of carbonyl (C=O) groups is 1. The van der Waals surface area contributed by atoms with Gasteiger partial charge in [0.1, 0.15) is 12.5 Å². The van der Waals surface area contributed by atoms with E-state index in [1.165, 1.54) is 0 Å². The molecule has 70 valence electrons. The van der Waals surface area contributed by atoms with Crippen LogP contribution in [0, 0.1) is 0 Å². The van der Waals surface area contributed by atoms with E-state index < -0.39 is 5.97 Å². The number of hydrogen-bond acceptors (Lipinski definition) is 3. The minimum atomic E-state index is -0.881. The summed E-state index contributed by atoms with van der Waals surface area (Å²) >= 11 is 0. The maximum Gasteiger partial charge on any atom is 0.307 e. The first-order valence-corrected chi connectivity index (χ1v) is 3.86. The molecule has 0 aliphatic heterocycles. The van der Waals surface area contributed by atoms with Gasteiger partial charge in [0.25, 0.3) is 0 Å². The summed E-state index contributed by atoms with van der Waals surface area (Å²) < 4.78 is 5.05. The molecule has 0 aliphatic carbocycles. The molecule has 3 N–H and O–H groups in total. The van der Waals surface area contributed by atoms with E-state index in [9.17, 15) is 4.79 Å². The lowest BCUT2D eigenvalue weighted by atomic mass is 10.1. The Morgan fingerprint density at radius 2 is 2.15 bits per heavy atom. The molecular formula is C9H11NO3. The maximum atomic E-state index is 10.4. The molecule has 0 saturated carbocycles. The first kappa shape index (κ1) is 9.54. The Balaban J connectivity index is 2.84. The third-order valence-corrected chi connectivity index (χ3v) is 1.55. The highest BCUT2D eigenvalue weighted by Gasteiger charge is 2.05. The molecular weight excluding hydrogens is 170 g/mol. The van der Waals surface area contributed by atoms with Crippen molar-refractivity contribution in [2.45, 2.75) is 6.42 Å². The van der Waals surface area contributed by atoms with Gasteiger partial charge in [0.05, 0.1) is 6.42 Å². The molecule has 4 heteroatoms. The Labute approximate surface area is 75.9 Å². The molecule has 0 amide bonds. The number of nitrogens with two attached hydrogens (primary N) is 1. The smallest absolute Gasteiger partial charge is 0.307 e. The highest BCUT2D eigenvalue weighted by molar-refractivity contribution is 5.71. The highest BCUT2D eigenvalue weighted by Crippen LogP contribution is 2.17.